The highest BCUT2D eigenvalue weighted by atomic mass is 16.6. The zero-order valence-electron chi connectivity index (χ0n) is 12.1. The van der Waals surface area contributed by atoms with Crippen LogP contribution in [0.5, 0.6) is 0 Å². The van der Waals surface area contributed by atoms with E-state index in [0.717, 1.165) is 25.9 Å². The van der Waals surface area contributed by atoms with Gasteiger partial charge in [0.2, 0.25) is 0 Å². The third kappa shape index (κ3) is 4.08. The predicted octanol–water partition coefficient (Wildman–Crippen LogP) is 1.93. The summed E-state index contributed by atoms with van der Waals surface area (Å²) in [5.41, 5.74) is -1.23. The zero-order chi connectivity index (χ0) is 14.1. The van der Waals surface area contributed by atoms with Gasteiger partial charge in [-0.15, -0.1) is 0 Å². The van der Waals surface area contributed by atoms with Gasteiger partial charge in [0, 0.05) is 6.61 Å². The molecule has 5 heteroatoms. The van der Waals surface area contributed by atoms with Crippen molar-refractivity contribution in [2.45, 2.75) is 63.8 Å². The molecule has 2 rings (SSSR count). The van der Waals surface area contributed by atoms with Crippen LogP contribution in [0.3, 0.4) is 0 Å². The van der Waals surface area contributed by atoms with Gasteiger partial charge in [-0.25, -0.2) is 4.79 Å². The first-order chi connectivity index (χ1) is 8.77. The third-order valence-corrected chi connectivity index (χ3v) is 3.58. The Hall–Kier alpha value is -0.810. The average molecular weight is 271 g/mol. The molecule has 19 heavy (non-hydrogen) atoms. The van der Waals surface area contributed by atoms with Crippen LogP contribution in [0.25, 0.3) is 0 Å². The van der Waals surface area contributed by atoms with Crippen molar-refractivity contribution in [3.8, 4) is 0 Å². The Bertz CT molecular complexity index is 325. The number of nitrogens with zero attached hydrogens (tertiary/aromatic N) is 1. The van der Waals surface area contributed by atoms with Crippen molar-refractivity contribution in [1.82, 2.24) is 4.90 Å². The summed E-state index contributed by atoms with van der Waals surface area (Å²) in [6, 6.07) is 0. The maximum atomic E-state index is 11.8. The van der Waals surface area contributed by atoms with Crippen molar-refractivity contribution in [1.29, 1.82) is 0 Å². The largest absolute Gasteiger partial charge is 0.444 e. The maximum Gasteiger partial charge on any atom is 0.410 e. The fraction of sp³-hybridized carbons (Fsp3) is 0.929. The minimum absolute atomic E-state index is 0.291. The molecule has 0 aromatic rings. The molecule has 1 amide bonds. The summed E-state index contributed by atoms with van der Waals surface area (Å²) in [5.74, 6) is 0. The first-order valence-corrected chi connectivity index (χ1v) is 7.09. The molecule has 2 heterocycles. The normalized spacial score (nSPS) is 26.1. The predicted molar refractivity (Wildman–Crippen MR) is 71.0 cm³/mol. The molecule has 1 N–H and O–H groups in total. The van der Waals surface area contributed by atoms with Crippen LogP contribution < -0.4 is 0 Å². The lowest BCUT2D eigenvalue weighted by Crippen LogP contribution is -2.64. The molecule has 0 spiro atoms. The van der Waals surface area contributed by atoms with Gasteiger partial charge in [-0.05, 0) is 46.5 Å². The number of aliphatic hydroxyl groups is 1. The highest BCUT2D eigenvalue weighted by Crippen LogP contribution is 2.30. The molecular formula is C14H25NO4. The van der Waals surface area contributed by atoms with Crippen molar-refractivity contribution in [2.75, 3.05) is 19.7 Å². The Labute approximate surface area is 114 Å². The minimum Gasteiger partial charge on any atom is -0.444 e. The minimum atomic E-state index is -0.747. The van der Waals surface area contributed by atoms with Gasteiger partial charge in [-0.1, -0.05) is 0 Å². The first kappa shape index (κ1) is 14.6. The second-order valence-corrected chi connectivity index (χ2v) is 6.73. The van der Waals surface area contributed by atoms with Gasteiger partial charge in [0.05, 0.1) is 19.2 Å². The number of carbonyl (C=O) groups excluding carboxylic acids is 1. The highest BCUT2D eigenvalue weighted by molar-refractivity contribution is 5.69. The van der Waals surface area contributed by atoms with Crippen molar-refractivity contribution in [2.24, 2.45) is 0 Å². The number of hydrogen-bond donors (Lipinski definition) is 1. The molecule has 0 aromatic heterocycles. The van der Waals surface area contributed by atoms with E-state index in [4.69, 9.17) is 9.47 Å². The molecule has 2 aliphatic rings. The van der Waals surface area contributed by atoms with E-state index in [2.05, 4.69) is 0 Å². The second kappa shape index (κ2) is 5.29. The van der Waals surface area contributed by atoms with E-state index in [1.807, 2.05) is 20.8 Å². The van der Waals surface area contributed by atoms with Crippen LogP contribution in [0, 0.1) is 0 Å². The fourth-order valence-corrected chi connectivity index (χ4v) is 2.58. The van der Waals surface area contributed by atoms with Crippen molar-refractivity contribution >= 4 is 6.09 Å². The lowest BCUT2D eigenvalue weighted by molar-refractivity contribution is -0.107. The molecule has 0 aromatic carbocycles. The standard InChI is InChI=1S/C14H25NO4/c1-13(2,3)19-12(16)15-9-14(17,10-15)7-6-11-5-4-8-18-11/h11,17H,4-10H2,1-3H3. The monoisotopic (exact) mass is 271 g/mol. The Balaban J connectivity index is 1.70. The quantitative estimate of drug-likeness (QED) is 0.852. The Morgan fingerprint density at radius 1 is 1.47 bits per heavy atom. The summed E-state index contributed by atoms with van der Waals surface area (Å²) in [6.45, 7) is 7.10. The molecule has 1 atom stereocenters. The molecule has 2 aliphatic heterocycles. The number of rotatable bonds is 3. The maximum absolute atomic E-state index is 11.8. The van der Waals surface area contributed by atoms with Crippen LogP contribution in [0.15, 0.2) is 0 Å². The van der Waals surface area contributed by atoms with Crippen LogP contribution in [0.4, 0.5) is 4.79 Å². The van der Waals surface area contributed by atoms with Gasteiger partial charge in [0.15, 0.2) is 0 Å². The number of likely N-dealkylation sites (tertiary alicyclic amines) is 1. The molecule has 110 valence electrons. The van der Waals surface area contributed by atoms with E-state index < -0.39 is 11.2 Å². The zero-order valence-corrected chi connectivity index (χ0v) is 12.1. The molecule has 5 nitrogen and oxygen atoms in total. The molecule has 0 aliphatic carbocycles. The fourth-order valence-electron chi connectivity index (χ4n) is 2.58. The van der Waals surface area contributed by atoms with Crippen molar-refractivity contribution in [3.63, 3.8) is 0 Å². The second-order valence-electron chi connectivity index (χ2n) is 6.73. The molecule has 0 radical (unpaired) electrons. The van der Waals surface area contributed by atoms with E-state index in [1.165, 1.54) is 0 Å². The lowest BCUT2D eigenvalue weighted by Gasteiger charge is -2.46. The number of hydrogen-bond acceptors (Lipinski definition) is 4. The van der Waals surface area contributed by atoms with Crippen LogP contribution in [-0.4, -0.2) is 53.1 Å². The highest BCUT2D eigenvalue weighted by Gasteiger charge is 2.45. The summed E-state index contributed by atoms with van der Waals surface area (Å²) in [5, 5.41) is 10.3. The van der Waals surface area contributed by atoms with Gasteiger partial charge in [-0.2, -0.15) is 0 Å². The van der Waals surface area contributed by atoms with Crippen LogP contribution in [0.1, 0.15) is 46.5 Å². The first-order valence-electron chi connectivity index (χ1n) is 7.09. The van der Waals surface area contributed by atoms with Gasteiger partial charge in [0.25, 0.3) is 0 Å². The average Bonchev–Trinajstić information content (AvgIpc) is 2.72. The molecular weight excluding hydrogens is 246 g/mol. The van der Waals surface area contributed by atoms with Gasteiger partial charge < -0.3 is 19.5 Å². The van der Waals surface area contributed by atoms with Gasteiger partial charge in [0.1, 0.15) is 11.2 Å². The molecule has 2 fully saturated rings. The van der Waals surface area contributed by atoms with E-state index in [9.17, 15) is 9.90 Å². The summed E-state index contributed by atoms with van der Waals surface area (Å²) in [6.07, 6.45) is 3.73. The number of ether oxygens (including phenoxy) is 2. The van der Waals surface area contributed by atoms with Gasteiger partial charge >= 0.3 is 6.09 Å². The number of amides is 1. The van der Waals surface area contributed by atoms with Gasteiger partial charge in [-0.3, -0.25) is 0 Å². The van der Waals surface area contributed by atoms with E-state index in [0.29, 0.717) is 25.6 Å². The topological polar surface area (TPSA) is 59.0 Å². The summed E-state index contributed by atoms with van der Waals surface area (Å²) < 4.78 is 10.8. The Kier molecular flexibility index (Phi) is 4.06. The molecule has 0 bridgehead atoms. The molecule has 1 unspecified atom stereocenters. The third-order valence-electron chi connectivity index (χ3n) is 3.58. The molecule has 0 saturated carbocycles. The summed E-state index contributed by atoms with van der Waals surface area (Å²) in [7, 11) is 0. The Morgan fingerprint density at radius 3 is 2.68 bits per heavy atom. The number of β-amino-alcohol motifs (C(OH)–C–C–N with tert-alkyl or cyclic N) is 1. The van der Waals surface area contributed by atoms with Crippen molar-refractivity contribution < 1.29 is 19.4 Å². The SMILES string of the molecule is CC(C)(C)OC(=O)N1CC(O)(CCC2CCCO2)C1. The van der Waals surface area contributed by atoms with E-state index in [-0.39, 0.29) is 6.09 Å². The van der Waals surface area contributed by atoms with E-state index in [1.54, 1.807) is 4.90 Å². The van der Waals surface area contributed by atoms with Crippen LogP contribution >= 0.6 is 0 Å². The Morgan fingerprint density at radius 2 is 2.16 bits per heavy atom. The number of carbonyl (C=O) groups is 1. The van der Waals surface area contributed by atoms with Crippen LogP contribution in [-0.2, 0) is 9.47 Å². The van der Waals surface area contributed by atoms with Crippen molar-refractivity contribution in [3.05, 3.63) is 0 Å². The van der Waals surface area contributed by atoms with Crippen LogP contribution in [0.2, 0.25) is 0 Å². The summed E-state index contributed by atoms with van der Waals surface area (Å²) >= 11 is 0. The van der Waals surface area contributed by atoms with E-state index >= 15 is 0 Å². The smallest absolute Gasteiger partial charge is 0.410 e. The lowest BCUT2D eigenvalue weighted by atomic mass is 9.88. The summed E-state index contributed by atoms with van der Waals surface area (Å²) in [4.78, 5) is 13.3. The molecule has 2 saturated heterocycles.